The molecule has 0 saturated carbocycles. The van der Waals surface area contributed by atoms with Crippen LogP contribution in [0.3, 0.4) is 0 Å². The van der Waals surface area contributed by atoms with Crippen molar-refractivity contribution in [1.82, 2.24) is 0 Å². The van der Waals surface area contributed by atoms with Crippen molar-refractivity contribution in [3.05, 3.63) is 27.7 Å². The molecule has 0 saturated heterocycles. The van der Waals surface area contributed by atoms with Crippen molar-refractivity contribution >= 4 is 40.8 Å². The fraction of sp³-hybridized carbons (Fsp3) is 0. The Labute approximate surface area is 100 Å². The van der Waals surface area contributed by atoms with E-state index in [1.807, 2.05) is 11.4 Å². The monoisotopic (exact) mass is 258 g/mol. The van der Waals surface area contributed by atoms with Crippen molar-refractivity contribution in [3.63, 3.8) is 0 Å². The lowest BCUT2D eigenvalue weighted by atomic mass is 10.2. The third-order valence-corrected chi connectivity index (χ3v) is 2.20. The number of benzene rings is 1. The van der Waals surface area contributed by atoms with Crippen molar-refractivity contribution < 1.29 is 14.7 Å². The summed E-state index contributed by atoms with van der Waals surface area (Å²) >= 11 is 11.4. The van der Waals surface area contributed by atoms with Crippen molar-refractivity contribution in [2.24, 2.45) is 0 Å². The first-order chi connectivity index (χ1) is 7.45. The van der Waals surface area contributed by atoms with Crippen molar-refractivity contribution in [2.75, 3.05) is 5.32 Å². The van der Waals surface area contributed by atoms with Gasteiger partial charge >= 0.3 is 11.9 Å². The van der Waals surface area contributed by atoms with Crippen LogP contribution in [-0.4, -0.2) is 17.0 Å². The number of carboxylic acid groups (broad SMARTS) is 1. The largest absolute Gasteiger partial charge is 0.474 e. The normalized spacial score (nSPS) is 9.31. The topological polar surface area (TPSA) is 90.2 Å². The highest BCUT2D eigenvalue weighted by Gasteiger charge is 2.16. The van der Waals surface area contributed by atoms with Gasteiger partial charge in [-0.25, -0.2) is 4.79 Å². The van der Waals surface area contributed by atoms with E-state index in [0.717, 1.165) is 0 Å². The van der Waals surface area contributed by atoms with E-state index >= 15 is 0 Å². The molecule has 82 valence electrons. The zero-order chi connectivity index (χ0) is 12.3. The maximum atomic E-state index is 10.9. The summed E-state index contributed by atoms with van der Waals surface area (Å²) in [5.41, 5.74) is 0.179. The van der Waals surface area contributed by atoms with Crippen LogP contribution in [0.4, 0.5) is 5.69 Å². The molecule has 0 bridgehead atoms. The van der Waals surface area contributed by atoms with Gasteiger partial charge in [-0.3, -0.25) is 4.79 Å². The van der Waals surface area contributed by atoms with Gasteiger partial charge in [-0.15, -0.1) is 0 Å². The first-order valence-electron chi connectivity index (χ1n) is 3.89. The highest BCUT2D eigenvalue weighted by atomic mass is 35.5. The van der Waals surface area contributed by atoms with E-state index in [0.29, 0.717) is 0 Å². The molecule has 1 aromatic carbocycles. The molecule has 1 amide bonds. The Morgan fingerprint density at radius 1 is 1.31 bits per heavy atom. The summed E-state index contributed by atoms with van der Waals surface area (Å²) in [6.45, 7) is 0. The molecule has 0 fully saturated rings. The molecule has 0 heterocycles. The second-order valence-electron chi connectivity index (χ2n) is 2.69. The number of carboxylic acids is 1. The molecule has 0 aromatic heterocycles. The minimum Gasteiger partial charge on any atom is -0.474 e. The van der Waals surface area contributed by atoms with Gasteiger partial charge in [0, 0.05) is 0 Å². The quantitative estimate of drug-likeness (QED) is 0.753. The van der Waals surface area contributed by atoms with Gasteiger partial charge in [0.15, 0.2) is 0 Å². The summed E-state index contributed by atoms with van der Waals surface area (Å²) in [4.78, 5) is 21.2. The first-order valence-corrected chi connectivity index (χ1v) is 4.64. The number of anilines is 1. The SMILES string of the molecule is N#Cc1cc(Cl)c(NC(=O)C(=O)O)c(Cl)c1. The summed E-state index contributed by atoms with van der Waals surface area (Å²) in [7, 11) is 0. The summed E-state index contributed by atoms with van der Waals surface area (Å²) < 4.78 is 0. The van der Waals surface area contributed by atoms with Crippen LogP contribution < -0.4 is 5.32 Å². The molecule has 1 rings (SSSR count). The van der Waals surface area contributed by atoms with Gasteiger partial charge in [0.2, 0.25) is 0 Å². The van der Waals surface area contributed by atoms with Crippen LogP contribution in [0.25, 0.3) is 0 Å². The highest BCUT2D eigenvalue weighted by Crippen LogP contribution is 2.31. The average molecular weight is 259 g/mol. The Morgan fingerprint density at radius 2 is 1.81 bits per heavy atom. The van der Waals surface area contributed by atoms with Gasteiger partial charge < -0.3 is 10.4 Å². The lowest BCUT2D eigenvalue weighted by Crippen LogP contribution is -2.22. The van der Waals surface area contributed by atoms with Crippen LogP contribution >= 0.6 is 23.2 Å². The molecule has 0 aliphatic heterocycles. The van der Waals surface area contributed by atoms with Crippen LogP contribution in [0.15, 0.2) is 12.1 Å². The molecular weight excluding hydrogens is 255 g/mol. The number of carbonyl (C=O) groups is 2. The summed E-state index contributed by atoms with van der Waals surface area (Å²) in [5.74, 6) is -2.91. The minimum absolute atomic E-state index is 0.00125. The Bertz CT molecular complexity index is 485. The van der Waals surface area contributed by atoms with E-state index in [1.165, 1.54) is 12.1 Å². The molecule has 0 spiro atoms. The van der Waals surface area contributed by atoms with Crippen molar-refractivity contribution in [1.29, 1.82) is 5.26 Å². The number of carbonyl (C=O) groups excluding carboxylic acids is 1. The van der Waals surface area contributed by atoms with Gasteiger partial charge in [-0.05, 0) is 12.1 Å². The maximum absolute atomic E-state index is 10.9. The number of halogens is 2. The number of nitriles is 1. The summed E-state index contributed by atoms with van der Waals surface area (Å²) in [5, 5.41) is 19.0. The molecule has 0 aliphatic carbocycles. The van der Waals surface area contributed by atoms with Gasteiger partial charge in [0.05, 0.1) is 27.4 Å². The van der Waals surface area contributed by atoms with E-state index in [2.05, 4.69) is 0 Å². The number of hydrogen-bond acceptors (Lipinski definition) is 3. The number of aliphatic carboxylic acids is 1. The maximum Gasteiger partial charge on any atom is 0.394 e. The number of nitrogens with zero attached hydrogens (tertiary/aromatic N) is 1. The molecular formula is C9H4Cl2N2O3. The fourth-order valence-electron chi connectivity index (χ4n) is 0.924. The minimum atomic E-state index is -1.66. The van der Waals surface area contributed by atoms with Gasteiger partial charge in [0.25, 0.3) is 0 Å². The lowest BCUT2D eigenvalue weighted by Gasteiger charge is -2.07. The molecule has 0 unspecified atom stereocenters. The molecule has 0 aliphatic rings. The standard InChI is InChI=1S/C9H4Cl2N2O3/c10-5-1-4(3-12)2-6(11)7(5)13-8(14)9(15)16/h1-2H,(H,13,14)(H,15,16). The zero-order valence-corrected chi connectivity index (χ0v) is 9.13. The molecule has 5 nitrogen and oxygen atoms in total. The fourth-order valence-corrected chi connectivity index (χ4v) is 1.51. The van der Waals surface area contributed by atoms with Crippen LogP contribution in [-0.2, 0) is 9.59 Å². The van der Waals surface area contributed by atoms with Crippen LogP contribution in [0.1, 0.15) is 5.56 Å². The van der Waals surface area contributed by atoms with E-state index in [-0.39, 0.29) is 21.3 Å². The van der Waals surface area contributed by atoms with Crippen molar-refractivity contribution in [3.8, 4) is 6.07 Å². The third-order valence-electron chi connectivity index (χ3n) is 1.60. The van der Waals surface area contributed by atoms with Gasteiger partial charge in [-0.1, -0.05) is 23.2 Å². The van der Waals surface area contributed by atoms with Crippen LogP contribution in [0, 0.1) is 11.3 Å². The van der Waals surface area contributed by atoms with Crippen LogP contribution in [0.2, 0.25) is 10.0 Å². The Kier molecular flexibility index (Phi) is 3.72. The molecule has 1 aromatic rings. The second kappa shape index (κ2) is 4.84. The summed E-state index contributed by atoms with van der Waals surface area (Å²) in [6, 6.07) is 4.35. The Hall–Kier alpha value is -1.77. The predicted molar refractivity (Wildman–Crippen MR) is 57.4 cm³/mol. The zero-order valence-electron chi connectivity index (χ0n) is 7.62. The molecule has 2 N–H and O–H groups in total. The van der Waals surface area contributed by atoms with E-state index < -0.39 is 11.9 Å². The lowest BCUT2D eigenvalue weighted by molar-refractivity contribution is -0.147. The smallest absolute Gasteiger partial charge is 0.394 e. The predicted octanol–water partition coefficient (Wildman–Crippen LogP) is 1.89. The molecule has 7 heteroatoms. The highest BCUT2D eigenvalue weighted by molar-refractivity contribution is 6.43. The number of nitrogens with one attached hydrogen (secondary N) is 1. The number of rotatable bonds is 1. The number of hydrogen-bond donors (Lipinski definition) is 2. The average Bonchev–Trinajstić information content (AvgIpc) is 2.22. The van der Waals surface area contributed by atoms with Crippen LogP contribution in [0.5, 0.6) is 0 Å². The van der Waals surface area contributed by atoms with E-state index in [4.69, 9.17) is 33.6 Å². The van der Waals surface area contributed by atoms with E-state index in [9.17, 15) is 9.59 Å². The Balaban J connectivity index is 3.12. The van der Waals surface area contributed by atoms with Crippen molar-refractivity contribution in [2.45, 2.75) is 0 Å². The second-order valence-corrected chi connectivity index (χ2v) is 3.50. The van der Waals surface area contributed by atoms with Gasteiger partial charge in [0.1, 0.15) is 0 Å². The van der Waals surface area contributed by atoms with Gasteiger partial charge in [-0.2, -0.15) is 5.26 Å². The molecule has 16 heavy (non-hydrogen) atoms. The first kappa shape index (κ1) is 12.3. The Morgan fingerprint density at radius 3 is 2.19 bits per heavy atom. The number of amides is 1. The molecule has 0 radical (unpaired) electrons. The third kappa shape index (κ3) is 2.63. The summed E-state index contributed by atoms with van der Waals surface area (Å²) in [6.07, 6.45) is 0. The van der Waals surface area contributed by atoms with E-state index in [1.54, 1.807) is 0 Å². The molecule has 0 atom stereocenters.